The van der Waals surface area contributed by atoms with Crippen molar-refractivity contribution in [2.45, 2.75) is 13.0 Å². The van der Waals surface area contributed by atoms with Crippen LogP contribution >= 0.6 is 0 Å². The van der Waals surface area contributed by atoms with Gasteiger partial charge in [-0.3, -0.25) is 4.79 Å². The normalized spacial score (nSPS) is 10.1. The van der Waals surface area contributed by atoms with Gasteiger partial charge in [0.2, 0.25) is 5.91 Å². The molecule has 0 fully saturated rings. The van der Waals surface area contributed by atoms with Gasteiger partial charge in [-0.2, -0.15) is 0 Å². The highest BCUT2D eigenvalue weighted by molar-refractivity contribution is 5.78. The van der Waals surface area contributed by atoms with Crippen molar-refractivity contribution in [1.29, 1.82) is 0 Å². The molecule has 2 rings (SSSR count). The van der Waals surface area contributed by atoms with E-state index in [0.29, 0.717) is 6.42 Å². The van der Waals surface area contributed by atoms with E-state index in [1.807, 2.05) is 42.6 Å². The Morgan fingerprint density at radius 2 is 2.00 bits per heavy atom. The molecule has 1 aromatic carbocycles. The monoisotopic (exact) mass is 243 g/mol. The van der Waals surface area contributed by atoms with E-state index in [1.165, 1.54) is 0 Å². The van der Waals surface area contributed by atoms with Crippen molar-refractivity contribution in [2.24, 2.45) is 0 Å². The Balaban J connectivity index is 1.89. The van der Waals surface area contributed by atoms with E-state index in [-0.39, 0.29) is 5.91 Å². The summed E-state index contributed by atoms with van der Waals surface area (Å²) in [4.78, 5) is 14.4. The number of likely N-dealkylation sites (N-methyl/N-ethyl adjacent to an activating group) is 1. The third-order valence-electron chi connectivity index (χ3n) is 2.74. The molecule has 2 aromatic rings. The van der Waals surface area contributed by atoms with E-state index in [4.69, 9.17) is 0 Å². The van der Waals surface area contributed by atoms with Crippen LogP contribution in [-0.2, 0) is 17.8 Å². The molecule has 0 unspecified atom stereocenters. The number of H-pyrrole nitrogens is 1. The van der Waals surface area contributed by atoms with Gasteiger partial charge in [-0.1, -0.05) is 12.1 Å². The number of carbonyl (C=O) groups excluding carboxylic acids is 1. The molecule has 0 aliphatic heterocycles. The molecule has 94 valence electrons. The van der Waals surface area contributed by atoms with Crippen LogP contribution in [0.4, 0.5) is 5.69 Å². The lowest BCUT2D eigenvalue weighted by atomic mass is 10.1. The minimum Gasteiger partial charge on any atom is -0.379 e. The number of amides is 1. The Labute approximate surface area is 106 Å². The Morgan fingerprint density at radius 1 is 1.22 bits per heavy atom. The minimum atomic E-state index is 0.0297. The lowest BCUT2D eigenvalue weighted by molar-refractivity contribution is -0.119. The van der Waals surface area contributed by atoms with Gasteiger partial charge in [-0.15, -0.1) is 0 Å². The summed E-state index contributed by atoms with van der Waals surface area (Å²) in [6.07, 6.45) is 2.33. The van der Waals surface area contributed by atoms with E-state index in [1.54, 1.807) is 7.05 Å². The molecule has 18 heavy (non-hydrogen) atoms. The number of hydrogen-bond acceptors (Lipinski definition) is 2. The molecule has 0 atom stereocenters. The van der Waals surface area contributed by atoms with Crippen molar-refractivity contribution >= 4 is 11.6 Å². The summed E-state index contributed by atoms with van der Waals surface area (Å²) in [5.74, 6) is 0.0297. The van der Waals surface area contributed by atoms with Crippen molar-refractivity contribution in [1.82, 2.24) is 10.3 Å². The van der Waals surface area contributed by atoms with Crippen molar-refractivity contribution < 1.29 is 4.79 Å². The standard InChI is InChI=1S/C14H17N3O/c1-15-14(18)9-11-4-6-12(7-5-11)17-10-13-3-2-8-16-13/h2-8,16-17H,9-10H2,1H3,(H,15,18). The smallest absolute Gasteiger partial charge is 0.224 e. The van der Waals surface area contributed by atoms with Crippen LogP contribution in [0.1, 0.15) is 11.3 Å². The first-order valence-electron chi connectivity index (χ1n) is 5.93. The fourth-order valence-corrected chi connectivity index (χ4v) is 1.69. The average Bonchev–Trinajstić information content (AvgIpc) is 2.91. The van der Waals surface area contributed by atoms with E-state index < -0.39 is 0 Å². The Bertz CT molecular complexity index is 488. The zero-order valence-electron chi connectivity index (χ0n) is 10.4. The number of aromatic amines is 1. The van der Waals surface area contributed by atoms with Gasteiger partial charge in [0, 0.05) is 24.6 Å². The molecule has 1 amide bonds. The molecule has 0 aliphatic carbocycles. The number of rotatable bonds is 5. The maximum absolute atomic E-state index is 11.2. The molecule has 0 aliphatic rings. The molecule has 1 aromatic heterocycles. The molecular weight excluding hydrogens is 226 g/mol. The summed E-state index contributed by atoms with van der Waals surface area (Å²) < 4.78 is 0. The highest BCUT2D eigenvalue weighted by Gasteiger charge is 2.00. The number of carbonyl (C=O) groups is 1. The summed E-state index contributed by atoms with van der Waals surface area (Å²) in [5.41, 5.74) is 3.20. The number of benzene rings is 1. The summed E-state index contributed by atoms with van der Waals surface area (Å²) in [5, 5.41) is 5.92. The molecule has 0 spiro atoms. The molecule has 1 heterocycles. The third kappa shape index (κ3) is 3.38. The van der Waals surface area contributed by atoms with Crippen LogP contribution in [0.25, 0.3) is 0 Å². The van der Waals surface area contributed by atoms with Gasteiger partial charge in [0.15, 0.2) is 0 Å². The van der Waals surface area contributed by atoms with Crippen molar-refractivity contribution in [3.8, 4) is 0 Å². The maximum Gasteiger partial charge on any atom is 0.224 e. The highest BCUT2D eigenvalue weighted by atomic mass is 16.1. The Morgan fingerprint density at radius 3 is 2.61 bits per heavy atom. The maximum atomic E-state index is 11.2. The number of aromatic nitrogens is 1. The van der Waals surface area contributed by atoms with Crippen molar-refractivity contribution in [3.63, 3.8) is 0 Å². The Kier molecular flexibility index (Phi) is 4.02. The van der Waals surface area contributed by atoms with Crippen LogP contribution in [0.15, 0.2) is 42.6 Å². The predicted octanol–water partition coefficient (Wildman–Crippen LogP) is 1.92. The van der Waals surface area contributed by atoms with Crippen LogP contribution in [0.5, 0.6) is 0 Å². The van der Waals surface area contributed by atoms with E-state index >= 15 is 0 Å². The molecule has 0 bridgehead atoms. The first-order valence-corrected chi connectivity index (χ1v) is 5.93. The van der Waals surface area contributed by atoms with Gasteiger partial charge < -0.3 is 15.6 Å². The third-order valence-corrected chi connectivity index (χ3v) is 2.74. The first kappa shape index (κ1) is 12.2. The van der Waals surface area contributed by atoms with Crippen LogP contribution in [0.2, 0.25) is 0 Å². The average molecular weight is 243 g/mol. The summed E-state index contributed by atoms with van der Waals surface area (Å²) in [6, 6.07) is 11.9. The van der Waals surface area contributed by atoms with Crippen LogP contribution in [0, 0.1) is 0 Å². The SMILES string of the molecule is CNC(=O)Cc1ccc(NCc2ccc[nH]2)cc1. The fraction of sp³-hybridized carbons (Fsp3) is 0.214. The van der Waals surface area contributed by atoms with E-state index in [0.717, 1.165) is 23.5 Å². The largest absolute Gasteiger partial charge is 0.379 e. The molecule has 4 nitrogen and oxygen atoms in total. The lowest BCUT2D eigenvalue weighted by Gasteiger charge is -2.06. The molecular formula is C14H17N3O. The first-order chi connectivity index (χ1) is 8.78. The predicted molar refractivity (Wildman–Crippen MR) is 72.3 cm³/mol. The van der Waals surface area contributed by atoms with Crippen LogP contribution in [0.3, 0.4) is 0 Å². The molecule has 0 saturated carbocycles. The highest BCUT2D eigenvalue weighted by Crippen LogP contribution is 2.11. The number of nitrogens with one attached hydrogen (secondary N) is 3. The van der Waals surface area contributed by atoms with Crippen molar-refractivity contribution in [3.05, 3.63) is 53.9 Å². The minimum absolute atomic E-state index is 0.0297. The topological polar surface area (TPSA) is 56.9 Å². The fourth-order valence-electron chi connectivity index (χ4n) is 1.69. The molecule has 3 N–H and O–H groups in total. The summed E-state index contributed by atoms with van der Waals surface area (Å²) in [6.45, 7) is 0.766. The number of hydrogen-bond donors (Lipinski definition) is 3. The van der Waals surface area contributed by atoms with Gasteiger partial charge in [-0.25, -0.2) is 0 Å². The Hall–Kier alpha value is -2.23. The van der Waals surface area contributed by atoms with E-state index in [9.17, 15) is 4.79 Å². The zero-order chi connectivity index (χ0) is 12.8. The second kappa shape index (κ2) is 5.91. The van der Waals surface area contributed by atoms with Crippen LogP contribution < -0.4 is 10.6 Å². The second-order valence-electron chi connectivity index (χ2n) is 4.10. The molecule has 0 radical (unpaired) electrons. The summed E-state index contributed by atoms with van der Waals surface area (Å²) in [7, 11) is 1.65. The van der Waals surface area contributed by atoms with Crippen LogP contribution in [-0.4, -0.2) is 17.9 Å². The second-order valence-corrected chi connectivity index (χ2v) is 4.10. The van der Waals surface area contributed by atoms with E-state index in [2.05, 4.69) is 15.6 Å². The van der Waals surface area contributed by atoms with Gasteiger partial charge in [0.1, 0.15) is 0 Å². The molecule has 0 saturated heterocycles. The van der Waals surface area contributed by atoms with Gasteiger partial charge in [-0.05, 0) is 29.8 Å². The zero-order valence-corrected chi connectivity index (χ0v) is 10.4. The van der Waals surface area contributed by atoms with Gasteiger partial charge in [0.05, 0.1) is 13.0 Å². The van der Waals surface area contributed by atoms with Gasteiger partial charge >= 0.3 is 0 Å². The summed E-state index contributed by atoms with van der Waals surface area (Å²) >= 11 is 0. The van der Waals surface area contributed by atoms with Gasteiger partial charge in [0.25, 0.3) is 0 Å². The lowest BCUT2D eigenvalue weighted by Crippen LogP contribution is -2.19. The number of anilines is 1. The van der Waals surface area contributed by atoms with Crippen molar-refractivity contribution in [2.75, 3.05) is 12.4 Å². The molecule has 4 heteroatoms. The quantitative estimate of drug-likeness (QED) is 0.751.